The third kappa shape index (κ3) is 5.75. The van der Waals surface area contributed by atoms with Crippen molar-refractivity contribution >= 4 is 28.0 Å². The summed E-state index contributed by atoms with van der Waals surface area (Å²) >= 11 is 3.33. The Kier molecular flexibility index (Phi) is 6.17. The van der Waals surface area contributed by atoms with Gasteiger partial charge in [0.05, 0.1) is 0 Å². The number of aliphatic carboxylic acids is 1. The minimum Gasteiger partial charge on any atom is -0.490 e. The third-order valence-corrected chi connectivity index (χ3v) is 3.29. The van der Waals surface area contributed by atoms with Crippen molar-refractivity contribution in [2.45, 2.75) is 0 Å². The molecule has 120 valence electrons. The lowest BCUT2D eigenvalue weighted by molar-refractivity contribution is -0.131. The smallest absolute Gasteiger partial charge is 0.328 e. The highest BCUT2D eigenvalue weighted by molar-refractivity contribution is 9.10. The molecule has 6 heteroatoms. The first-order chi connectivity index (χ1) is 11.0. The molecule has 4 nitrogen and oxygen atoms in total. The van der Waals surface area contributed by atoms with Crippen LogP contribution in [0, 0.1) is 5.82 Å². The van der Waals surface area contributed by atoms with E-state index in [4.69, 9.17) is 14.6 Å². The van der Waals surface area contributed by atoms with Gasteiger partial charge in [0.25, 0.3) is 0 Å². The van der Waals surface area contributed by atoms with Crippen LogP contribution in [0.3, 0.4) is 0 Å². The first kappa shape index (κ1) is 17.0. The minimum absolute atomic E-state index is 0.271. The molecule has 0 aliphatic heterocycles. The van der Waals surface area contributed by atoms with E-state index in [0.717, 1.165) is 10.5 Å². The number of hydrogen-bond acceptors (Lipinski definition) is 3. The van der Waals surface area contributed by atoms with Gasteiger partial charge in [-0.3, -0.25) is 0 Å². The maximum atomic E-state index is 12.8. The SMILES string of the molecule is O=C(O)C=Cc1cc(Br)ccc1OCCOc1ccc(F)cc1. The van der Waals surface area contributed by atoms with E-state index in [9.17, 15) is 9.18 Å². The summed E-state index contributed by atoms with van der Waals surface area (Å²) in [5.41, 5.74) is 0.642. The molecule has 0 atom stereocenters. The van der Waals surface area contributed by atoms with Crippen molar-refractivity contribution in [2.24, 2.45) is 0 Å². The highest BCUT2D eigenvalue weighted by Crippen LogP contribution is 2.24. The third-order valence-electron chi connectivity index (χ3n) is 2.80. The molecule has 2 rings (SSSR count). The standard InChI is InChI=1S/C17H14BrFO4/c18-13-2-7-16(12(11-13)1-8-17(20)21)23-10-9-22-15-5-3-14(19)4-6-15/h1-8,11H,9-10H2,(H,20,21). The molecule has 0 spiro atoms. The van der Waals surface area contributed by atoms with Crippen molar-refractivity contribution in [1.82, 2.24) is 0 Å². The summed E-state index contributed by atoms with van der Waals surface area (Å²) < 4.78 is 24.6. The van der Waals surface area contributed by atoms with Crippen LogP contribution >= 0.6 is 15.9 Å². The molecular weight excluding hydrogens is 367 g/mol. The lowest BCUT2D eigenvalue weighted by Crippen LogP contribution is -2.09. The van der Waals surface area contributed by atoms with Gasteiger partial charge in [-0.1, -0.05) is 15.9 Å². The molecule has 0 aliphatic rings. The summed E-state index contributed by atoms with van der Waals surface area (Å²) in [5, 5.41) is 8.71. The van der Waals surface area contributed by atoms with Gasteiger partial charge in [-0.15, -0.1) is 0 Å². The molecule has 23 heavy (non-hydrogen) atoms. The fraction of sp³-hybridized carbons (Fsp3) is 0.118. The number of carboxylic acids is 1. The van der Waals surface area contributed by atoms with Crippen LogP contribution in [0.5, 0.6) is 11.5 Å². The van der Waals surface area contributed by atoms with Crippen LogP contribution in [0.4, 0.5) is 4.39 Å². The molecular formula is C17H14BrFO4. The van der Waals surface area contributed by atoms with E-state index >= 15 is 0 Å². The Morgan fingerprint density at radius 1 is 1.13 bits per heavy atom. The van der Waals surface area contributed by atoms with Gasteiger partial charge in [-0.25, -0.2) is 9.18 Å². The van der Waals surface area contributed by atoms with Crippen LogP contribution in [0.2, 0.25) is 0 Å². The predicted octanol–water partition coefficient (Wildman–Crippen LogP) is 4.14. The maximum absolute atomic E-state index is 12.8. The fourth-order valence-electron chi connectivity index (χ4n) is 1.78. The van der Waals surface area contributed by atoms with E-state index in [1.807, 2.05) is 0 Å². The summed E-state index contributed by atoms with van der Waals surface area (Å²) in [6, 6.07) is 11.0. The van der Waals surface area contributed by atoms with E-state index in [0.29, 0.717) is 17.1 Å². The second-order valence-corrected chi connectivity index (χ2v) is 5.42. The number of halogens is 2. The average molecular weight is 381 g/mol. The van der Waals surface area contributed by atoms with Crippen molar-refractivity contribution in [1.29, 1.82) is 0 Å². The Balaban J connectivity index is 1.92. The molecule has 0 aromatic heterocycles. The zero-order valence-electron chi connectivity index (χ0n) is 12.0. The fourth-order valence-corrected chi connectivity index (χ4v) is 2.16. The topological polar surface area (TPSA) is 55.8 Å². The number of carbonyl (C=O) groups is 1. The van der Waals surface area contributed by atoms with Crippen LogP contribution in [-0.2, 0) is 4.79 Å². The number of benzene rings is 2. The molecule has 2 aromatic carbocycles. The quantitative estimate of drug-likeness (QED) is 0.579. The van der Waals surface area contributed by atoms with Gasteiger partial charge in [0.15, 0.2) is 0 Å². The molecule has 0 unspecified atom stereocenters. The Labute approximate surface area is 141 Å². The predicted molar refractivity (Wildman–Crippen MR) is 88.2 cm³/mol. The van der Waals surface area contributed by atoms with E-state index < -0.39 is 5.97 Å². The largest absolute Gasteiger partial charge is 0.490 e. The molecule has 0 fully saturated rings. The zero-order chi connectivity index (χ0) is 16.7. The van der Waals surface area contributed by atoms with Crippen molar-refractivity contribution in [3.05, 3.63) is 64.4 Å². The van der Waals surface area contributed by atoms with Crippen molar-refractivity contribution < 1.29 is 23.8 Å². The molecule has 0 amide bonds. The Bertz CT molecular complexity index is 698. The molecule has 0 bridgehead atoms. The number of carboxylic acid groups (broad SMARTS) is 1. The first-order valence-electron chi connectivity index (χ1n) is 6.76. The molecule has 0 heterocycles. The van der Waals surface area contributed by atoms with Crippen LogP contribution in [0.1, 0.15) is 5.56 Å². The van der Waals surface area contributed by atoms with Gasteiger partial charge in [0.2, 0.25) is 0 Å². The highest BCUT2D eigenvalue weighted by Gasteiger charge is 2.03. The number of hydrogen-bond donors (Lipinski definition) is 1. The van der Waals surface area contributed by atoms with Gasteiger partial charge in [0.1, 0.15) is 30.5 Å². The van der Waals surface area contributed by atoms with Gasteiger partial charge >= 0.3 is 5.97 Å². The van der Waals surface area contributed by atoms with Crippen LogP contribution in [-0.4, -0.2) is 24.3 Å². The molecule has 1 N–H and O–H groups in total. The normalized spacial score (nSPS) is 10.7. The highest BCUT2D eigenvalue weighted by atomic mass is 79.9. The van der Waals surface area contributed by atoms with Crippen LogP contribution in [0.15, 0.2) is 53.0 Å². The lowest BCUT2D eigenvalue weighted by Gasteiger charge is -2.11. The summed E-state index contributed by atoms with van der Waals surface area (Å²) in [5.74, 6) is -0.251. The molecule has 0 saturated carbocycles. The monoisotopic (exact) mass is 380 g/mol. The van der Waals surface area contributed by atoms with Gasteiger partial charge in [-0.2, -0.15) is 0 Å². The Hall–Kier alpha value is -2.34. The van der Waals surface area contributed by atoms with Crippen molar-refractivity contribution in [3.8, 4) is 11.5 Å². The van der Waals surface area contributed by atoms with Gasteiger partial charge in [0, 0.05) is 16.1 Å². The average Bonchev–Trinajstić information content (AvgIpc) is 2.52. The number of ether oxygens (including phenoxy) is 2. The summed E-state index contributed by atoms with van der Waals surface area (Å²) in [6.07, 6.45) is 2.51. The molecule has 0 radical (unpaired) electrons. The maximum Gasteiger partial charge on any atom is 0.328 e. The van der Waals surface area contributed by atoms with E-state index in [-0.39, 0.29) is 19.0 Å². The Morgan fingerprint density at radius 2 is 1.83 bits per heavy atom. The summed E-state index contributed by atoms with van der Waals surface area (Å²) in [6.45, 7) is 0.552. The van der Waals surface area contributed by atoms with E-state index in [2.05, 4.69) is 15.9 Å². The Morgan fingerprint density at radius 3 is 2.52 bits per heavy atom. The number of rotatable bonds is 7. The minimum atomic E-state index is -1.03. The molecule has 2 aromatic rings. The summed E-state index contributed by atoms with van der Waals surface area (Å²) in [4.78, 5) is 10.6. The van der Waals surface area contributed by atoms with E-state index in [1.54, 1.807) is 18.2 Å². The van der Waals surface area contributed by atoms with E-state index in [1.165, 1.54) is 30.3 Å². The van der Waals surface area contributed by atoms with Crippen LogP contribution in [0.25, 0.3) is 6.08 Å². The first-order valence-corrected chi connectivity index (χ1v) is 7.55. The van der Waals surface area contributed by atoms with Gasteiger partial charge in [-0.05, 0) is 48.5 Å². The molecule has 0 aliphatic carbocycles. The second-order valence-electron chi connectivity index (χ2n) is 4.50. The van der Waals surface area contributed by atoms with Crippen molar-refractivity contribution in [2.75, 3.05) is 13.2 Å². The molecule has 0 saturated heterocycles. The van der Waals surface area contributed by atoms with Crippen molar-refractivity contribution in [3.63, 3.8) is 0 Å². The zero-order valence-corrected chi connectivity index (χ0v) is 13.6. The van der Waals surface area contributed by atoms with Gasteiger partial charge < -0.3 is 14.6 Å². The van der Waals surface area contributed by atoms with Crippen LogP contribution < -0.4 is 9.47 Å². The second kappa shape index (κ2) is 8.33. The lowest BCUT2D eigenvalue weighted by atomic mass is 10.2. The summed E-state index contributed by atoms with van der Waals surface area (Å²) in [7, 11) is 0.